The van der Waals surface area contributed by atoms with Crippen LogP contribution in [0.3, 0.4) is 0 Å². The lowest BCUT2D eigenvalue weighted by atomic mass is 10.2. The zero-order valence-electron chi connectivity index (χ0n) is 9.74. The number of likely N-dealkylation sites (tertiary alicyclic amines) is 1. The first-order valence-corrected chi connectivity index (χ1v) is 5.62. The lowest BCUT2D eigenvalue weighted by Gasteiger charge is -2.19. The van der Waals surface area contributed by atoms with E-state index >= 15 is 0 Å². The van der Waals surface area contributed by atoms with E-state index in [2.05, 4.69) is 16.9 Å². The molecule has 1 aliphatic rings. The lowest BCUT2D eigenvalue weighted by molar-refractivity contribution is 0.193. The second-order valence-electron chi connectivity index (χ2n) is 4.36. The number of hydrogen-bond donors (Lipinski definition) is 0. The Hall–Kier alpha value is -1.16. The van der Waals surface area contributed by atoms with Gasteiger partial charge in [-0.25, -0.2) is 9.37 Å². The molecule has 0 aromatic carbocycles. The van der Waals surface area contributed by atoms with Crippen LogP contribution in [0.1, 0.15) is 18.4 Å². The molecule has 1 aliphatic heterocycles. The van der Waals surface area contributed by atoms with Gasteiger partial charge in [0.2, 0.25) is 5.88 Å². The molecule has 16 heavy (non-hydrogen) atoms. The third-order valence-corrected chi connectivity index (χ3v) is 3.12. The molecule has 0 amide bonds. The zero-order chi connectivity index (χ0) is 11.5. The Morgan fingerprint density at radius 1 is 1.62 bits per heavy atom. The van der Waals surface area contributed by atoms with Crippen molar-refractivity contribution >= 4 is 0 Å². The van der Waals surface area contributed by atoms with Gasteiger partial charge in [-0.05, 0) is 38.9 Å². The quantitative estimate of drug-likeness (QED) is 0.785. The topological polar surface area (TPSA) is 25.4 Å². The number of aromatic nitrogens is 1. The van der Waals surface area contributed by atoms with Crippen molar-refractivity contribution in [3.05, 3.63) is 23.6 Å². The average molecular weight is 224 g/mol. The van der Waals surface area contributed by atoms with E-state index in [1.165, 1.54) is 12.6 Å². The van der Waals surface area contributed by atoms with Crippen LogP contribution in [0.15, 0.2) is 12.3 Å². The number of likely N-dealkylation sites (N-methyl/N-ethyl adjacent to an activating group) is 1. The van der Waals surface area contributed by atoms with E-state index in [0.29, 0.717) is 24.1 Å². The molecule has 0 saturated carbocycles. The molecule has 1 aromatic rings. The van der Waals surface area contributed by atoms with Crippen molar-refractivity contribution in [1.82, 2.24) is 9.88 Å². The highest BCUT2D eigenvalue weighted by Gasteiger charge is 2.21. The Labute approximate surface area is 95.2 Å². The van der Waals surface area contributed by atoms with Gasteiger partial charge in [0.25, 0.3) is 0 Å². The fourth-order valence-electron chi connectivity index (χ4n) is 1.96. The van der Waals surface area contributed by atoms with E-state index in [1.807, 2.05) is 0 Å². The minimum absolute atomic E-state index is 0.287. The summed E-state index contributed by atoms with van der Waals surface area (Å²) >= 11 is 0. The third-order valence-electron chi connectivity index (χ3n) is 3.12. The van der Waals surface area contributed by atoms with E-state index in [0.717, 1.165) is 13.0 Å². The first kappa shape index (κ1) is 11.3. The van der Waals surface area contributed by atoms with Gasteiger partial charge in [0.1, 0.15) is 12.4 Å². The van der Waals surface area contributed by atoms with Crippen LogP contribution in [0.5, 0.6) is 5.88 Å². The van der Waals surface area contributed by atoms with Gasteiger partial charge >= 0.3 is 0 Å². The van der Waals surface area contributed by atoms with Crippen LogP contribution in [0, 0.1) is 12.7 Å². The number of pyridine rings is 1. The molecule has 88 valence electrons. The highest BCUT2D eigenvalue weighted by molar-refractivity contribution is 5.20. The van der Waals surface area contributed by atoms with Crippen LogP contribution in [-0.2, 0) is 0 Å². The summed E-state index contributed by atoms with van der Waals surface area (Å²) in [6, 6.07) is 2.11. The summed E-state index contributed by atoms with van der Waals surface area (Å²) in [5, 5.41) is 0. The smallest absolute Gasteiger partial charge is 0.213 e. The van der Waals surface area contributed by atoms with Crippen LogP contribution in [0.25, 0.3) is 0 Å². The molecule has 1 atom stereocenters. The second kappa shape index (κ2) is 4.78. The van der Waals surface area contributed by atoms with Crippen molar-refractivity contribution in [2.24, 2.45) is 0 Å². The molecular formula is C12H17FN2O. The molecular weight excluding hydrogens is 207 g/mol. The second-order valence-corrected chi connectivity index (χ2v) is 4.36. The third kappa shape index (κ3) is 2.50. The normalized spacial score (nSPS) is 21.3. The lowest BCUT2D eigenvalue weighted by Crippen LogP contribution is -2.30. The Kier molecular flexibility index (Phi) is 3.39. The summed E-state index contributed by atoms with van der Waals surface area (Å²) in [6.45, 7) is 3.48. The van der Waals surface area contributed by atoms with Gasteiger partial charge in [-0.1, -0.05) is 0 Å². The highest BCUT2D eigenvalue weighted by atomic mass is 19.1. The largest absolute Gasteiger partial charge is 0.476 e. The van der Waals surface area contributed by atoms with E-state index < -0.39 is 0 Å². The first-order chi connectivity index (χ1) is 7.66. The van der Waals surface area contributed by atoms with Crippen molar-refractivity contribution in [3.63, 3.8) is 0 Å². The maximum Gasteiger partial charge on any atom is 0.213 e. The fraction of sp³-hybridized carbons (Fsp3) is 0.583. The average Bonchev–Trinajstić information content (AvgIpc) is 2.66. The molecule has 1 fully saturated rings. The predicted octanol–water partition coefficient (Wildman–Crippen LogP) is 2.00. The van der Waals surface area contributed by atoms with Gasteiger partial charge in [-0.15, -0.1) is 0 Å². The number of rotatable bonds is 3. The van der Waals surface area contributed by atoms with Gasteiger partial charge in [0.05, 0.1) is 6.20 Å². The Bertz CT molecular complexity index is 370. The van der Waals surface area contributed by atoms with Gasteiger partial charge < -0.3 is 9.64 Å². The maximum atomic E-state index is 13.0. The van der Waals surface area contributed by atoms with Crippen molar-refractivity contribution in [2.75, 3.05) is 20.2 Å². The molecule has 1 aromatic heterocycles. The van der Waals surface area contributed by atoms with Gasteiger partial charge in [0, 0.05) is 12.1 Å². The van der Waals surface area contributed by atoms with E-state index in [-0.39, 0.29) is 5.82 Å². The van der Waals surface area contributed by atoms with Crippen molar-refractivity contribution in [1.29, 1.82) is 0 Å². The number of aryl methyl sites for hydroxylation is 1. The van der Waals surface area contributed by atoms with E-state index in [9.17, 15) is 4.39 Å². The summed E-state index contributed by atoms with van der Waals surface area (Å²) in [4.78, 5) is 6.20. The van der Waals surface area contributed by atoms with E-state index in [1.54, 1.807) is 13.0 Å². The number of halogens is 1. The molecule has 3 nitrogen and oxygen atoms in total. The Morgan fingerprint density at radius 3 is 3.06 bits per heavy atom. The molecule has 1 saturated heterocycles. The molecule has 0 radical (unpaired) electrons. The minimum atomic E-state index is -0.287. The Balaban J connectivity index is 1.91. The summed E-state index contributed by atoms with van der Waals surface area (Å²) in [6.07, 6.45) is 3.60. The molecule has 0 N–H and O–H groups in total. The number of hydrogen-bond acceptors (Lipinski definition) is 3. The van der Waals surface area contributed by atoms with Gasteiger partial charge in [-0.2, -0.15) is 0 Å². The SMILES string of the molecule is Cc1cc(OCC2CCCN2C)ncc1F. The van der Waals surface area contributed by atoms with E-state index in [4.69, 9.17) is 4.74 Å². The zero-order valence-corrected chi connectivity index (χ0v) is 9.74. The summed E-state index contributed by atoms with van der Waals surface area (Å²) in [5.41, 5.74) is 0.574. The standard InChI is InChI=1S/C12H17FN2O/c1-9-6-12(14-7-11(9)13)16-8-10-4-3-5-15(10)2/h6-7,10H,3-5,8H2,1-2H3. The van der Waals surface area contributed by atoms with Crippen molar-refractivity contribution < 1.29 is 9.13 Å². The molecule has 4 heteroatoms. The summed E-state index contributed by atoms with van der Waals surface area (Å²) < 4.78 is 18.6. The van der Waals surface area contributed by atoms with Crippen LogP contribution < -0.4 is 4.74 Å². The molecule has 0 aliphatic carbocycles. The Morgan fingerprint density at radius 2 is 2.44 bits per heavy atom. The molecule has 2 heterocycles. The van der Waals surface area contributed by atoms with Crippen LogP contribution >= 0.6 is 0 Å². The number of nitrogens with zero attached hydrogens (tertiary/aromatic N) is 2. The predicted molar refractivity (Wildman–Crippen MR) is 60.1 cm³/mol. The minimum Gasteiger partial charge on any atom is -0.476 e. The fourth-order valence-corrected chi connectivity index (χ4v) is 1.96. The highest BCUT2D eigenvalue weighted by Crippen LogP contribution is 2.17. The van der Waals surface area contributed by atoms with Crippen LogP contribution in [0.4, 0.5) is 4.39 Å². The van der Waals surface area contributed by atoms with Crippen molar-refractivity contribution in [2.45, 2.75) is 25.8 Å². The van der Waals surface area contributed by atoms with Crippen molar-refractivity contribution in [3.8, 4) is 5.88 Å². The molecule has 0 spiro atoms. The summed E-state index contributed by atoms with van der Waals surface area (Å²) in [7, 11) is 2.10. The molecule has 2 rings (SSSR count). The van der Waals surface area contributed by atoms with Gasteiger partial charge in [0.15, 0.2) is 0 Å². The van der Waals surface area contributed by atoms with Gasteiger partial charge in [-0.3, -0.25) is 0 Å². The molecule has 1 unspecified atom stereocenters. The first-order valence-electron chi connectivity index (χ1n) is 5.62. The molecule has 0 bridgehead atoms. The van der Waals surface area contributed by atoms with Crippen LogP contribution in [0.2, 0.25) is 0 Å². The maximum absolute atomic E-state index is 13.0. The number of ether oxygens (including phenoxy) is 1. The van der Waals surface area contributed by atoms with Crippen LogP contribution in [-0.4, -0.2) is 36.1 Å². The summed E-state index contributed by atoms with van der Waals surface area (Å²) in [5.74, 6) is 0.226. The monoisotopic (exact) mass is 224 g/mol.